The summed E-state index contributed by atoms with van der Waals surface area (Å²) in [5.41, 5.74) is 1.48. The molecule has 2 aromatic rings. The largest absolute Gasteiger partial charge is 0.497 e. The van der Waals surface area contributed by atoms with E-state index in [0.717, 1.165) is 24.0 Å². The molecule has 9 heteroatoms. The Morgan fingerprint density at radius 3 is 2.52 bits per heavy atom. The van der Waals surface area contributed by atoms with Crippen molar-refractivity contribution in [2.75, 3.05) is 31.0 Å². The molecule has 1 N–H and O–H groups in total. The summed E-state index contributed by atoms with van der Waals surface area (Å²) in [5.74, 6) is 1.73. The van der Waals surface area contributed by atoms with Gasteiger partial charge in [-0.1, -0.05) is 19.1 Å². The first-order valence-corrected chi connectivity index (χ1v) is 12.0. The average Bonchev–Trinajstić information content (AvgIpc) is 3.22. The van der Waals surface area contributed by atoms with Crippen LogP contribution in [0.15, 0.2) is 42.5 Å². The van der Waals surface area contributed by atoms with Gasteiger partial charge in [0, 0.05) is 19.0 Å². The second-order valence-corrected chi connectivity index (χ2v) is 9.18. The number of benzene rings is 2. The highest BCUT2D eigenvalue weighted by Crippen LogP contribution is 2.36. The lowest BCUT2D eigenvalue weighted by Gasteiger charge is -2.23. The number of hydrogen-bond acceptors (Lipinski definition) is 6. The van der Waals surface area contributed by atoms with Crippen LogP contribution in [0.25, 0.3) is 0 Å². The van der Waals surface area contributed by atoms with E-state index in [0.29, 0.717) is 23.6 Å². The summed E-state index contributed by atoms with van der Waals surface area (Å²) in [6.07, 6.45) is 2.48. The Labute approximate surface area is 183 Å². The van der Waals surface area contributed by atoms with Crippen LogP contribution in [0.5, 0.6) is 17.2 Å². The number of sulfonamides is 1. The first-order valence-electron chi connectivity index (χ1n) is 10.1. The van der Waals surface area contributed by atoms with Gasteiger partial charge < -0.3 is 19.5 Å². The molecule has 0 spiro atoms. The fraction of sp³-hybridized carbons (Fsp3) is 0.409. The van der Waals surface area contributed by atoms with E-state index in [4.69, 9.17) is 14.2 Å². The van der Waals surface area contributed by atoms with Crippen LogP contribution in [-0.4, -0.2) is 41.0 Å². The highest BCUT2D eigenvalue weighted by molar-refractivity contribution is 7.92. The molecular weight excluding hydrogens is 420 g/mol. The molecule has 0 bridgehead atoms. The van der Waals surface area contributed by atoms with Gasteiger partial charge in [0.05, 0.1) is 25.1 Å². The van der Waals surface area contributed by atoms with Crippen molar-refractivity contribution in [1.82, 2.24) is 5.32 Å². The van der Waals surface area contributed by atoms with E-state index in [9.17, 15) is 13.2 Å². The Morgan fingerprint density at radius 2 is 1.87 bits per heavy atom. The van der Waals surface area contributed by atoms with Gasteiger partial charge in [0.15, 0.2) is 11.5 Å². The van der Waals surface area contributed by atoms with Crippen LogP contribution in [0.1, 0.15) is 37.8 Å². The van der Waals surface area contributed by atoms with Crippen LogP contribution in [0.4, 0.5) is 5.69 Å². The average molecular weight is 449 g/mol. The van der Waals surface area contributed by atoms with Crippen molar-refractivity contribution in [3.8, 4) is 17.2 Å². The van der Waals surface area contributed by atoms with E-state index in [1.54, 1.807) is 25.3 Å². The van der Waals surface area contributed by atoms with Gasteiger partial charge in [-0.2, -0.15) is 0 Å². The first kappa shape index (κ1) is 22.7. The van der Waals surface area contributed by atoms with Crippen molar-refractivity contribution in [1.29, 1.82) is 0 Å². The van der Waals surface area contributed by atoms with Gasteiger partial charge in [-0.05, 0) is 42.7 Å². The van der Waals surface area contributed by atoms with Gasteiger partial charge in [-0.3, -0.25) is 9.10 Å². The number of amides is 1. The van der Waals surface area contributed by atoms with Crippen molar-refractivity contribution in [2.24, 2.45) is 0 Å². The van der Waals surface area contributed by atoms with E-state index < -0.39 is 10.0 Å². The summed E-state index contributed by atoms with van der Waals surface area (Å²) >= 11 is 0. The third kappa shape index (κ3) is 5.81. The van der Waals surface area contributed by atoms with Crippen molar-refractivity contribution < 1.29 is 27.4 Å². The van der Waals surface area contributed by atoms with Crippen molar-refractivity contribution in [3.05, 3.63) is 48.0 Å². The number of methoxy groups -OCH3 is 1. The highest BCUT2D eigenvalue weighted by atomic mass is 32.2. The topological polar surface area (TPSA) is 94.2 Å². The molecule has 0 saturated carbocycles. The summed E-state index contributed by atoms with van der Waals surface area (Å²) < 4.78 is 41.7. The number of carbonyl (C=O) groups is 1. The third-order valence-electron chi connectivity index (χ3n) is 5.07. The lowest BCUT2D eigenvalue weighted by molar-refractivity contribution is -0.121. The molecule has 1 atom stereocenters. The molecular formula is C22H28N2O6S. The SMILES string of the molecule is CC[C@H](NC(=O)CCCN(c1ccc2c(c1)OCO2)S(C)(=O)=O)c1ccc(OC)cc1. The Morgan fingerprint density at radius 1 is 1.16 bits per heavy atom. The predicted octanol–water partition coefficient (Wildman–Crippen LogP) is 3.24. The maximum atomic E-state index is 12.5. The molecule has 1 aliphatic heterocycles. The standard InChI is InChI=1S/C22H28N2O6S/c1-4-19(16-7-10-18(28-2)11-8-16)23-22(25)6-5-13-24(31(3,26)27)17-9-12-20-21(14-17)30-15-29-20/h7-12,14,19H,4-6,13,15H2,1-3H3,(H,23,25)/t19-/m0/s1. The third-order valence-corrected chi connectivity index (χ3v) is 6.27. The van der Waals surface area contributed by atoms with Gasteiger partial charge >= 0.3 is 0 Å². The molecule has 0 saturated heterocycles. The monoisotopic (exact) mass is 448 g/mol. The van der Waals surface area contributed by atoms with Gasteiger partial charge in [0.25, 0.3) is 0 Å². The van der Waals surface area contributed by atoms with Gasteiger partial charge in [-0.15, -0.1) is 0 Å². The lowest BCUT2D eigenvalue weighted by atomic mass is 10.0. The number of anilines is 1. The minimum absolute atomic E-state index is 0.113. The van der Waals surface area contributed by atoms with Crippen molar-refractivity contribution in [3.63, 3.8) is 0 Å². The van der Waals surface area contributed by atoms with E-state index in [1.807, 2.05) is 31.2 Å². The van der Waals surface area contributed by atoms with Gasteiger partial charge in [0.1, 0.15) is 5.75 Å². The summed E-state index contributed by atoms with van der Waals surface area (Å²) in [7, 11) is -1.91. The number of nitrogens with one attached hydrogen (secondary N) is 1. The van der Waals surface area contributed by atoms with Crippen molar-refractivity contribution >= 4 is 21.6 Å². The smallest absolute Gasteiger partial charge is 0.232 e. The number of carbonyl (C=O) groups excluding carboxylic acids is 1. The normalized spacial score (nSPS) is 13.5. The maximum Gasteiger partial charge on any atom is 0.232 e. The second-order valence-electron chi connectivity index (χ2n) is 7.28. The number of fused-ring (bicyclic) bond motifs is 1. The molecule has 8 nitrogen and oxygen atoms in total. The molecule has 31 heavy (non-hydrogen) atoms. The Hall–Kier alpha value is -2.94. The molecule has 0 aromatic heterocycles. The fourth-order valence-electron chi connectivity index (χ4n) is 3.43. The second kappa shape index (κ2) is 9.91. The molecule has 3 rings (SSSR count). The van der Waals surface area contributed by atoms with Crippen LogP contribution in [-0.2, 0) is 14.8 Å². The van der Waals surface area contributed by atoms with E-state index in [1.165, 1.54) is 4.31 Å². The zero-order valence-electron chi connectivity index (χ0n) is 18.0. The summed E-state index contributed by atoms with van der Waals surface area (Å²) in [6.45, 7) is 2.30. The van der Waals surface area contributed by atoms with Crippen LogP contribution in [0.2, 0.25) is 0 Å². The molecule has 0 unspecified atom stereocenters. The maximum absolute atomic E-state index is 12.5. The molecule has 168 valence electrons. The van der Waals surface area contributed by atoms with Crippen molar-refractivity contribution in [2.45, 2.75) is 32.2 Å². The fourth-order valence-corrected chi connectivity index (χ4v) is 4.39. The highest BCUT2D eigenvalue weighted by Gasteiger charge is 2.22. The number of ether oxygens (including phenoxy) is 3. The summed E-state index contributed by atoms with van der Waals surface area (Å²) in [4.78, 5) is 12.5. The van der Waals surface area contributed by atoms with E-state index in [-0.39, 0.29) is 31.7 Å². The lowest BCUT2D eigenvalue weighted by Crippen LogP contribution is -2.33. The zero-order valence-corrected chi connectivity index (χ0v) is 18.8. The minimum Gasteiger partial charge on any atom is -0.497 e. The van der Waals surface area contributed by atoms with Gasteiger partial charge in [-0.25, -0.2) is 8.42 Å². The van der Waals surface area contributed by atoms with E-state index in [2.05, 4.69) is 5.32 Å². The Kier molecular flexibility index (Phi) is 7.27. The van der Waals surface area contributed by atoms with Crippen LogP contribution >= 0.6 is 0 Å². The first-order chi connectivity index (χ1) is 14.8. The Bertz CT molecular complexity index is 1010. The predicted molar refractivity (Wildman–Crippen MR) is 118 cm³/mol. The number of nitrogens with zero attached hydrogens (tertiary/aromatic N) is 1. The van der Waals surface area contributed by atoms with Gasteiger partial charge in [0.2, 0.25) is 22.7 Å². The molecule has 0 fully saturated rings. The van der Waals surface area contributed by atoms with Crippen LogP contribution in [0, 0.1) is 0 Å². The van der Waals surface area contributed by atoms with Crippen LogP contribution in [0.3, 0.4) is 0 Å². The summed E-state index contributed by atoms with van der Waals surface area (Å²) in [6, 6.07) is 12.5. The molecule has 2 aromatic carbocycles. The number of hydrogen-bond donors (Lipinski definition) is 1. The molecule has 1 amide bonds. The zero-order chi connectivity index (χ0) is 22.4. The molecule has 0 radical (unpaired) electrons. The molecule has 1 heterocycles. The summed E-state index contributed by atoms with van der Waals surface area (Å²) in [5, 5.41) is 3.02. The minimum atomic E-state index is -3.52. The van der Waals surface area contributed by atoms with Crippen LogP contribution < -0.4 is 23.8 Å². The Balaban J connectivity index is 1.59. The molecule has 0 aliphatic carbocycles. The molecule has 1 aliphatic rings. The number of rotatable bonds is 10. The quantitative estimate of drug-likeness (QED) is 0.600. The van der Waals surface area contributed by atoms with E-state index >= 15 is 0 Å².